The smallest absolute Gasteiger partial charge is 0.255 e. The molecule has 126 valence electrons. The number of fused-ring (bicyclic) bond motifs is 1. The maximum absolute atomic E-state index is 12.6. The Bertz CT molecular complexity index is 747. The normalized spacial score (nSPS) is 12.1. The van der Waals surface area contributed by atoms with Gasteiger partial charge in [0.1, 0.15) is 5.75 Å². The lowest BCUT2D eigenvalue weighted by molar-refractivity contribution is 0.102. The second-order valence-electron chi connectivity index (χ2n) is 5.29. The Kier molecular flexibility index (Phi) is 4.46. The Hall–Kier alpha value is -2.89. The van der Waals surface area contributed by atoms with Gasteiger partial charge >= 0.3 is 0 Å². The monoisotopic (exact) mass is 329 g/mol. The zero-order valence-corrected chi connectivity index (χ0v) is 13.8. The van der Waals surface area contributed by atoms with E-state index in [1.165, 1.54) is 21.3 Å². The summed E-state index contributed by atoms with van der Waals surface area (Å²) >= 11 is 0. The minimum atomic E-state index is -0.256. The molecule has 2 aromatic rings. The lowest BCUT2D eigenvalue weighted by Gasteiger charge is -2.14. The van der Waals surface area contributed by atoms with Gasteiger partial charge in [0.05, 0.1) is 27.9 Å². The molecular formula is C18H19NO5. The molecule has 0 unspecified atom stereocenters. The number of rotatable bonds is 5. The molecule has 3 rings (SSSR count). The van der Waals surface area contributed by atoms with Crippen LogP contribution < -0.4 is 24.3 Å². The largest absolute Gasteiger partial charge is 0.493 e. The Balaban J connectivity index is 1.87. The standard InChI is InChI=1S/C18H19NO5/c1-21-15-9-12(10-16(22-2)17(15)23-3)18(20)19-13-4-5-14-11(8-13)6-7-24-14/h4-5,8-10H,6-7H2,1-3H3,(H,19,20). The second-order valence-corrected chi connectivity index (χ2v) is 5.29. The lowest BCUT2D eigenvalue weighted by Crippen LogP contribution is -2.12. The van der Waals surface area contributed by atoms with Gasteiger partial charge in [-0.1, -0.05) is 0 Å². The number of methoxy groups -OCH3 is 3. The Labute approximate surface area is 140 Å². The first kappa shape index (κ1) is 16.0. The fourth-order valence-electron chi connectivity index (χ4n) is 2.68. The molecule has 0 atom stereocenters. The average molecular weight is 329 g/mol. The molecule has 6 nitrogen and oxygen atoms in total. The molecule has 1 N–H and O–H groups in total. The summed E-state index contributed by atoms with van der Waals surface area (Å²) < 4.78 is 21.3. The molecule has 0 saturated heterocycles. The lowest BCUT2D eigenvalue weighted by atomic mass is 10.1. The van der Waals surface area contributed by atoms with Crippen LogP contribution in [-0.2, 0) is 6.42 Å². The fourth-order valence-corrected chi connectivity index (χ4v) is 2.68. The van der Waals surface area contributed by atoms with Crippen LogP contribution in [0.25, 0.3) is 0 Å². The van der Waals surface area contributed by atoms with Gasteiger partial charge in [-0.3, -0.25) is 4.79 Å². The third-order valence-electron chi connectivity index (χ3n) is 3.87. The summed E-state index contributed by atoms with van der Waals surface area (Å²) in [5.74, 6) is 1.94. The van der Waals surface area contributed by atoms with Crippen LogP contribution in [0.15, 0.2) is 30.3 Å². The number of hydrogen-bond acceptors (Lipinski definition) is 5. The molecule has 0 bridgehead atoms. The molecule has 2 aromatic carbocycles. The number of hydrogen-bond donors (Lipinski definition) is 1. The van der Waals surface area contributed by atoms with E-state index in [1.807, 2.05) is 18.2 Å². The molecule has 24 heavy (non-hydrogen) atoms. The fraction of sp³-hybridized carbons (Fsp3) is 0.278. The SMILES string of the molecule is COc1cc(C(=O)Nc2ccc3c(c2)CCO3)cc(OC)c1OC. The summed E-state index contributed by atoms with van der Waals surface area (Å²) in [5, 5.41) is 2.88. The molecule has 1 heterocycles. The molecular weight excluding hydrogens is 310 g/mol. The van der Waals surface area contributed by atoms with E-state index in [2.05, 4.69) is 5.32 Å². The molecule has 1 aliphatic rings. The summed E-state index contributed by atoms with van der Waals surface area (Å²) in [6.07, 6.45) is 0.850. The maximum Gasteiger partial charge on any atom is 0.255 e. The van der Waals surface area contributed by atoms with E-state index in [0.717, 1.165) is 23.4 Å². The first-order chi connectivity index (χ1) is 11.7. The molecule has 0 aromatic heterocycles. The van der Waals surface area contributed by atoms with E-state index >= 15 is 0 Å². The predicted octanol–water partition coefficient (Wildman–Crippen LogP) is 2.90. The van der Waals surface area contributed by atoms with Crippen molar-refractivity contribution in [3.8, 4) is 23.0 Å². The highest BCUT2D eigenvalue weighted by molar-refractivity contribution is 6.05. The minimum absolute atomic E-state index is 0.256. The minimum Gasteiger partial charge on any atom is -0.493 e. The van der Waals surface area contributed by atoms with Crippen molar-refractivity contribution in [3.05, 3.63) is 41.5 Å². The van der Waals surface area contributed by atoms with E-state index in [4.69, 9.17) is 18.9 Å². The zero-order valence-electron chi connectivity index (χ0n) is 13.8. The highest BCUT2D eigenvalue weighted by atomic mass is 16.5. The molecule has 1 amide bonds. The van der Waals surface area contributed by atoms with Crippen LogP contribution in [0.2, 0.25) is 0 Å². The van der Waals surface area contributed by atoms with E-state index in [0.29, 0.717) is 29.4 Å². The van der Waals surface area contributed by atoms with E-state index in [9.17, 15) is 4.79 Å². The highest BCUT2D eigenvalue weighted by Crippen LogP contribution is 2.38. The van der Waals surface area contributed by atoms with Gasteiger partial charge < -0.3 is 24.3 Å². The van der Waals surface area contributed by atoms with Gasteiger partial charge in [-0.25, -0.2) is 0 Å². The summed E-state index contributed by atoms with van der Waals surface area (Å²) in [7, 11) is 4.55. The van der Waals surface area contributed by atoms with Gasteiger partial charge in [0.2, 0.25) is 5.75 Å². The van der Waals surface area contributed by atoms with Crippen LogP contribution in [0.3, 0.4) is 0 Å². The summed E-state index contributed by atoms with van der Waals surface area (Å²) in [5.41, 5.74) is 2.23. The van der Waals surface area contributed by atoms with Crippen LogP contribution in [-0.4, -0.2) is 33.8 Å². The second kappa shape index (κ2) is 6.70. The number of anilines is 1. The van der Waals surface area contributed by atoms with Crippen molar-refractivity contribution in [2.75, 3.05) is 33.3 Å². The van der Waals surface area contributed by atoms with Crippen molar-refractivity contribution in [1.29, 1.82) is 0 Å². The molecule has 0 fully saturated rings. The Morgan fingerprint density at radius 2 is 1.75 bits per heavy atom. The quantitative estimate of drug-likeness (QED) is 0.914. The Morgan fingerprint density at radius 3 is 2.38 bits per heavy atom. The van der Waals surface area contributed by atoms with Crippen LogP contribution in [0.5, 0.6) is 23.0 Å². The van der Waals surface area contributed by atoms with Crippen molar-refractivity contribution in [2.24, 2.45) is 0 Å². The van der Waals surface area contributed by atoms with Gasteiger partial charge in [0.25, 0.3) is 5.91 Å². The summed E-state index contributed by atoms with van der Waals surface area (Å²) in [4.78, 5) is 12.6. The van der Waals surface area contributed by atoms with E-state index in [-0.39, 0.29) is 5.91 Å². The van der Waals surface area contributed by atoms with Crippen LogP contribution in [0, 0.1) is 0 Å². The van der Waals surface area contributed by atoms with Gasteiger partial charge in [-0.15, -0.1) is 0 Å². The third kappa shape index (κ3) is 2.95. The molecule has 0 spiro atoms. The van der Waals surface area contributed by atoms with E-state index in [1.54, 1.807) is 12.1 Å². The zero-order chi connectivity index (χ0) is 17.1. The van der Waals surface area contributed by atoms with Crippen LogP contribution in [0.1, 0.15) is 15.9 Å². The molecule has 0 radical (unpaired) electrons. The highest BCUT2D eigenvalue weighted by Gasteiger charge is 2.18. The van der Waals surface area contributed by atoms with Gasteiger partial charge in [-0.05, 0) is 35.9 Å². The topological polar surface area (TPSA) is 66.0 Å². The first-order valence-electron chi connectivity index (χ1n) is 7.53. The van der Waals surface area contributed by atoms with Crippen molar-refractivity contribution in [3.63, 3.8) is 0 Å². The third-order valence-corrected chi connectivity index (χ3v) is 3.87. The van der Waals surface area contributed by atoms with Gasteiger partial charge in [0, 0.05) is 17.7 Å². The molecule has 0 saturated carbocycles. The van der Waals surface area contributed by atoms with Crippen LogP contribution in [0.4, 0.5) is 5.69 Å². The summed E-state index contributed by atoms with van der Waals surface area (Å²) in [6.45, 7) is 0.680. The van der Waals surface area contributed by atoms with E-state index < -0.39 is 0 Å². The number of ether oxygens (including phenoxy) is 4. The molecule has 1 aliphatic heterocycles. The first-order valence-corrected chi connectivity index (χ1v) is 7.53. The molecule has 0 aliphatic carbocycles. The molecule has 6 heteroatoms. The predicted molar refractivity (Wildman–Crippen MR) is 89.7 cm³/mol. The maximum atomic E-state index is 12.6. The number of carbonyl (C=O) groups is 1. The number of nitrogens with one attached hydrogen (secondary N) is 1. The number of amides is 1. The Morgan fingerprint density at radius 1 is 1.04 bits per heavy atom. The number of benzene rings is 2. The summed E-state index contributed by atoms with van der Waals surface area (Å²) in [6, 6.07) is 8.85. The van der Waals surface area contributed by atoms with Crippen molar-refractivity contribution in [1.82, 2.24) is 0 Å². The van der Waals surface area contributed by atoms with Gasteiger partial charge in [-0.2, -0.15) is 0 Å². The number of carbonyl (C=O) groups excluding carboxylic acids is 1. The van der Waals surface area contributed by atoms with Crippen molar-refractivity contribution < 1.29 is 23.7 Å². The van der Waals surface area contributed by atoms with Crippen molar-refractivity contribution in [2.45, 2.75) is 6.42 Å². The van der Waals surface area contributed by atoms with Gasteiger partial charge in [0.15, 0.2) is 11.5 Å². The van der Waals surface area contributed by atoms with Crippen LogP contribution >= 0.6 is 0 Å². The average Bonchev–Trinajstić information content (AvgIpc) is 3.07. The van der Waals surface area contributed by atoms with Crippen molar-refractivity contribution >= 4 is 11.6 Å².